The topological polar surface area (TPSA) is 23.6 Å². The van der Waals surface area contributed by atoms with E-state index in [9.17, 15) is 0 Å². The van der Waals surface area contributed by atoms with Crippen LogP contribution in [0.4, 0.5) is 27.5 Å². The number of carbonyl (C=O) groups excluding carboxylic acids is 1. The van der Waals surface area contributed by atoms with Crippen LogP contribution in [0.15, 0.2) is 97.1 Å². The van der Waals surface area contributed by atoms with Gasteiger partial charge in [-0.3, -0.25) is 9.80 Å². The number of hydrogen-bond acceptors (Lipinski definition) is 1. The lowest BCUT2D eigenvalue weighted by molar-refractivity contribution is 0.255. The normalized spacial score (nSPS) is 14.5. The molecular formula is C41H40B8N2O. The van der Waals surface area contributed by atoms with Crippen LogP contribution in [0.25, 0.3) is 10.8 Å². The van der Waals surface area contributed by atoms with E-state index in [1.54, 1.807) is 0 Å². The second-order valence-electron chi connectivity index (χ2n) is 17.5. The molecule has 3 heterocycles. The Bertz CT molecular complexity index is 2340. The Morgan fingerprint density at radius 3 is 1.21 bits per heavy atom. The van der Waals surface area contributed by atoms with Crippen LogP contribution in [0.3, 0.4) is 0 Å². The highest BCUT2D eigenvalue weighted by atomic mass is 16.2. The van der Waals surface area contributed by atoms with E-state index in [1.807, 2.05) is 0 Å². The summed E-state index contributed by atoms with van der Waals surface area (Å²) in [5, 5.41) is 2.17. The fraction of sp³-hybridized carbons (Fsp3) is 0.146. The molecule has 0 aliphatic carbocycles. The van der Waals surface area contributed by atoms with Crippen LogP contribution in [0.5, 0.6) is 0 Å². The summed E-state index contributed by atoms with van der Waals surface area (Å²) in [6.07, 6.45) is 0. The molecule has 0 aromatic heterocycles. The highest BCUT2D eigenvalue weighted by molar-refractivity contribution is 7.00. The Morgan fingerprint density at radius 2 is 0.846 bits per heavy atom. The van der Waals surface area contributed by atoms with Gasteiger partial charge in [-0.05, 0) is 67.1 Å². The fourth-order valence-corrected chi connectivity index (χ4v) is 9.88. The van der Waals surface area contributed by atoms with E-state index in [1.165, 1.54) is 76.9 Å². The molecule has 0 spiro atoms. The van der Waals surface area contributed by atoms with Crippen molar-refractivity contribution in [3.05, 3.63) is 130 Å². The van der Waals surface area contributed by atoms with Crippen LogP contribution < -0.4 is 42.6 Å². The van der Waals surface area contributed by atoms with Gasteiger partial charge in [0.05, 0.1) is 58.5 Å². The fourth-order valence-electron chi connectivity index (χ4n) is 9.88. The third kappa shape index (κ3) is 4.47. The number of rotatable bonds is 4. The van der Waals surface area contributed by atoms with Crippen molar-refractivity contribution in [3.8, 4) is 0 Å². The predicted octanol–water partition coefficient (Wildman–Crippen LogP) is -0.838. The molecule has 0 N–H and O–H groups in total. The first-order valence-electron chi connectivity index (χ1n) is 18.8. The molecule has 3 nitrogen and oxygen atoms in total. The molecule has 3 aliphatic heterocycles. The van der Waals surface area contributed by atoms with Gasteiger partial charge in [0.2, 0.25) is 13.4 Å². The van der Waals surface area contributed by atoms with Gasteiger partial charge in [-0.2, -0.15) is 0 Å². The van der Waals surface area contributed by atoms with Gasteiger partial charge >= 0.3 is 6.03 Å². The Hall–Kier alpha value is -4.63. The summed E-state index contributed by atoms with van der Waals surface area (Å²) in [6.45, 7) is 8.93. The summed E-state index contributed by atoms with van der Waals surface area (Å²) < 4.78 is 0. The predicted molar refractivity (Wildman–Crippen MR) is 242 cm³/mol. The smallest absolute Gasteiger partial charge is 0.263 e. The number of carbonyl (C=O) groups is 1. The molecule has 0 bridgehead atoms. The van der Waals surface area contributed by atoms with E-state index in [0.717, 1.165) is 22.7 Å². The third-order valence-electron chi connectivity index (χ3n) is 12.1. The molecule has 9 rings (SSSR count). The van der Waals surface area contributed by atoms with E-state index in [-0.39, 0.29) is 29.7 Å². The highest BCUT2D eigenvalue weighted by Gasteiger charge is 2.50. The number of amides is 2. The minimum Gasteiger partial charge on any atom is -0.263 e. The average Bonchev–Trinajstić information content (AvgIpc) is 3.08. The van der Waals surface area contributed by atoms with Crippen molar-refractivity contribution in [3.63, 3.8) is 0 Å². The highest BCUT2D eigenvalue weighted by Crippen LogP contribution is 2.50. The summed E-state index contributed by atoms with van der Waals surface area (Å²) in [7, 11) is 14.1. The van der Waals surface area contributed by atoms with Gasteiger partial charge in [0, 0.05) is 16.8 Å². The van der Waals surface area contributed by atoms with Gasteiger partial charge < -0.3 is 0 Å². The van der Waals surface area contributed by atoms with Crippen molar-refractivity contribution in [1.29, 1.82) is 0 Å². The number of benzene rings is 6. The van der Waals surface area contributed by atoms with Crippen LogP contribution in [0, 0.1) is 27.7 Å². The van der Waals surface area contributed by atoms with Crippen LogP contribution in [0.1, 0.15) is 33.4 Å². The second-order valence-corrected chi connectivity index (χ2v) is 17.5. The van der Waals surface area contributed by atoms with Crippen LogP contribution in [-0.2, 0) is 10.2 Å². The Kier molecular flexibility index (Phi) is 7.15. The monoisotopic (exact) mass is 664 g/mol. The van der Waals surface area contributed by atoms with Gasteiger partial charge in [-0.25, -0.2) is 4.79 Å². The lowest BCUT2D eigenvalue weighted by atomic mass is 9.31. The van der Waals surface area contributed by atoms with Crippen molar-refractivity contribution in [2.45, 2.75) is 37.9 Å². The number of fused-ring (bicyclic) bond motifs is 4. The lowest BCUT2D eigenvalue weighted by Gasteiger charge is -2.48. The van der Waals surface area contributed by atoms with Crippen LogP contribution in [0.2, 0.25) is 0 Å². The zero-order valence-electron chi connectivity index (χ0n) is 32.2. The van der Waals surface area contributed by atoms with E-state index in [0.29, 0.717) is 0 Å². The Labute approximate surface area is 314 Å². The minimum atomic E-state index is -0.165. The molecule has 0 fully saturated rings. The van der Waals surface area contributed by atoms with Gasteiger partial charge in [0.25, 0.3) is 0 Å². The maximum Gasteiger partial charge on any atom is 0.338 e. The average molecular weight is 663 g/mol. The lowest BCUT2D eigenvalue weighted by Crippen LogP contribution is -2.65. The van der Waals surface area contributed by atoms with Crippen molar-refractivity contribution in [2.75, 3.05) is 9.80 Å². The molecule has 6 aromatic rings. The quantitative estimate of drug-likeness (QED) is 0.226. The number of nitrogens with zero attached hydrogens (tertiary/aromatic N) is 2. The molecular weight excluding hydrogens is 623 g/mol. The van der Waals surface area contributed by atoms with E-state index >= 15 is 4.79 Å². The summed E-state index contributed by atoms with van der Waals surface area (Å²) in [6, 6.07) is 35.5. The standard InChI is InChI=1S/C41H40B8N2O/c1-21-11-9-12-22(2)35(21)48-27-15-5-7-17-31(27)50-37-29(48)19-25(40(42,43)44)33-26(41(45,46)47)20-30-38(34(33)37)51(39(50)52)32-18-8-6-16-28(32)49(30)36-23(3)13-10-14-24(36)4/h5-20H,42-47H2,1-4H3. The summed E-state index contributed by atoms with van der Waals surface area (Å²) >= 11 is 0. The minimum absolute atomic E-state index is 0.0110. The second kappa shape index (κ2) is 11.2. The maximum absolute atomic E-state index is 15.7. The Morgan fingerprint density at radius 1 is 0.481 bits per heavy atom. The van der Waals surface area contributed by atoms with E-state index in [4.69, 9.17) is 0 Å². The van der Waals surface area contributed by atoms with E-state index < -0.39 is 0 Å². The largest absolute Gasteiger partial charge is 0.338 e. The van der Waals surface area contributed by atoms with Crippen molar-refractivity contribution < 1.29 is 4.79 Å². The number of para-hydroxylation sites is 2. The zero-order chi connectivity index (χ0) is 36.6. The molecule has 0 saturated heterocycles. The van der Waals surface area contributed by atoms with Crippen molar-refractivity contribution >= 4 is 133 Å². The van der Waals surface area contributed by atoms with E-state index in [2.05, 4.69) is 182 Å². The number of urea groups is 1. The third-order valence-corrected chi connectivity index (χ3v) is 12.1. The van der Waals surface area contributed by atoms with Crippen molar-refractivity contribution in [1.82, 2.24) is 0 Å². The summed E-state index contributed by atoms with van der Waals surface area (Å²) in [4.78, 5) is 19.8. The molecule has 52 heavy (non-hydrogen) atoms. The Balaban J connectivity index is 1.56. The molecule has 2 amide bonds. The molecule has 0 atom stereocenters. The first kappa shape index (κ1) is 33.2. The molecule has 0 saturated carbocycles. The van der Waals surface area contributed by atoms with Gasteiger partial charge in [0.15, 0.2) is 0 Å². The SMILES string of the molecule is BC(B)(B)c1cc2c3c4c5c(cc(C(B)(B)B)c14)B(c1c(C)cccc1C)c1ccccc1N5C(=O)N3c1ccccc1B2c1c(C)cccc1C. The molecule has 244 valence electrons. The number of hydrogen-bond donors (Lipinski definition) is 0. The number of anilines is 4. The van der Waals surface area contributed by atoms with Gasteiger partial charge in [-0.1, -0.05) is 139 Å². The summed E-state index contributed by atoms with van der Waals surface area (Å²) in [5.41, 5.74) is 19.3. The van der Waals surface area contributed by atoms with Crippen LogP contribution in [-0.4, -0.2) is 66.5 Å². The molecule has 0 unspecified atom stereocenters. The summed E-state index contributed by atoms with van der Waals surface area (Å²) in [5.74, 6) is 0. The first-order valence-corrected chi connectivity index (χ1v) is 18.8. The van der Waals surface area contributed by atoms with Gasteiger partial charge in [-0.15, -0.1) is 0 Å². The molecule has 3 aliphatic rings. The maximum atomic E-state index is 15.7. The molecule has 11 heteroatoms. The zero-order valence-corrected chi connectivity index (χ0v) is 32.2. The molecule has 0 radical (unpaired) electrons. The molecule has 6 aromatic carbocycles. The first-order chi connectivity index (χ1) is 24.7. The van der Waals surface area contributed by atoms with Crippen molar-refractivity contribution in [2.24, 2.45) is 0 Å². The van der Waals surface area contributed by atoms with Crippen LogP contribution >= 0.6 is 0 Å². The van der Waals surface area contributed by atoms with Gasteiger partial charge in [0.1, 0.15) is 0 Å². The number of aryl methyl sites for hydroxylation is 4.